The summed E-state index contributed by atoms with van der Waals surface area (Å²) in [5, 5.41) is 2.47. The molecule has 2 atom stereocenters. The van der Waals surface area contributed by atoms with E-state index in [1.807, 2.05) is 6.92 Å². The Bertz CT molecular complexity index is 606. The van der Waals surface area contributed by atoms with Crippen LogP contribution in [0.1, 0.15) is 26.2 Å². The molecule has 0 spiro atoms. The molecule has 1 aromatic heterocycles. The van der Waals surface area contributed by atoms with Crippen LogP contribution >= 0.6 is 0 Å². The molecule has 3 heterocycles. The molecular formula is C16H23N5O3. The molecule has 0 aromatic carbocycles. The Morgan fingerprint density at radius 3 is 2.75 bits per heavy atom. The molecule has 0 radical (unpaired) electrons. The number of methoxy groups -OCH3 is 1. The molecule has 0 aliphatic carbocycles. The average molecular weight is 333 g/mol. The predicted octanol–water partition coefficient (Wildman–Crippen LogP) is 0.509. The first kappa shape index (κ1) is 16.6. The van der Waals surface area contributed by atoms with Crippen molar-refractivity contribution in [2.24, 2.45) is 0 Å². The molecule has 0 bridgehead atoms. The third-order valence-corrected chi connectivity index (χ3v) is 4.81. The van der Waals surface area contributed by atoms with Crippen molar-refractivity contribution in [3.05, 3.63) is 12.4 Å². The van der Waals surface area contributed by atoms with Gasteiger partial charge in [0, 0.05) is 25.2 Å². The van der Waals surface area contributed by atoms with Crippen molar-refractivity contribution in [3.8, 4) is 5.75 Å². The minimum Gasteiger partial charge on any atom is -0.494 e. The second kappa shape index (κ2) is 7.12. The van der Waals surface area contributed by atoms with Gasteiger partial charge >= 0.3 is 11.8 Å². The third kappa shape index (κ3) is 3.33. The van der Waals surface area contributed by atoms with Crippen LogP contribution in [0, 0.1) is 0 Å². The summed E-state index contributed by atoms with van der Waals surface area (Å²) in [6, 6.07) is 0.455. The molecule has 24 heavy (non-hydrogen) atoms. The van der Waals surface area contributed by atoms with Crippen LogP contribution in [0.5, 0.6) is 5.75 Å². The number of hydrogen-bond donors (Lipinski definition) is 1. The Labute approximate surface area is 141 Å². The molecule has 0 saturated carbocycles. The highest BCUT2D eigenvalue weighted by Gasteiger charge is 2.39. The molecule has 1 N–H and O–H groups in total. The number of amides is 2. The maximum absolute atomic E-state index is 12.6. The number of anilines is 1. The monoisotopic (exact) mass is 333 g/mol. The van der Waals surface area contributed by atoms with E-state index in [-0.39, 0.29) is 12.0 Å². The van der Waals surface area contributed by atoms with Crippen molar-refractivity contribution in [1.82, 2.24) is 19.8 Å². The standard InChI is InChI=1S/C16H23N5O3/c1-3-11-9-20-6-4-5-12(20)10-21(11)15(23)14(22)19-16-17-7-13(24-2)8-18-16/h7-8,11-12H,3-6,9-10H2,1-2H3,(H,17,18,19,22). The van der Waals surface area contributed by atoms with E-state index in [9.17, 15) is 9.59 Å². The summed E-state index contributed by atoms with van der Waals surface area (Å²) in [5.74, 6) is -0.609. The first-order valence-electron chi connectivity index (χ1n) is 8.34. The molecule has 2 aliphatic rings. The number of carbonyl (C=O) groups excluding carboxylic acids is 2. The highest BCUT2D eigenvalue weighted by Crippen LogP contribution is 2.26. The SMILES string of the molecule is CCC1CN2CCCC2CN1C(=O)C(=O)Nc1ncc(OC)cn1. The number of nitrogens with zero attached hydrogens (tertiary/aromatic N) is 4. The number of ether oxygens (including phenoxy) is 1. The summed E-state index contributed by atoms with van der Waals surface area (Å²) < 4.78 is 4.97. The van der Waals surface area contributed by atoms with Crippen LogP contribution in [0.25, 0.3) is 0 Å². The van der Waals surface area contributed by atoms with E-state index >= 15 is 0 Å². The summed E-state index contributed by atoms with van der Waals surface area (Å²) in [6.07, 6.45) is 5.97. The van der Waals surface area contributed by atoms with Gasteiger partial charge in [-0.05, 0) is 25.8 Å². The first-order chi connectivity index (χ1) is 11.6. The second-order valence-electron chi connectivity index (χ2n) is 6.21. The number of rotatable bonds is 3. The van der Waals surface area contributed by atoms with E-state index < -0.39 is 11.8 Å². The van der Waals surface area contributed by atoms with Gasteiger partial charge in [0.1, 0.15) is 0 Å². The second-order valence-corrected chi connectivity index (χ2v) is 6.21. The summed E-state index contributed by atoms with van der Waals surface area (Å²) in [4.78, 5) is 37.0. The fraction of sp³-hybridized carbons (Fsp3) is 0.625. The fourth-order valence-electron chi connectivity index (χ4n) is 3.46. The maximum atomic E-state index is 12.6. The van der Waals surface area contributed by atoms with Gasteiger partial charge in [-0.2, -0.15) is 0 Å². The van der Waals surface area contributed by atoms with Gasteiger partial charge in [0.15, 0.2) is 5.75 Å². The van der Waals surface area contributed by atoms with E-state index in [4.69, 9.17) is 4.74 Å². The molecule has 130 valence electrons. The van der Waals surface area contributed by atoms with Crippen molar-refractivity contribution in [2.75, 3.05) is 32.1 Å². The van der Waals surface area contributed by atoms with Crippen LogP contribution in [0.15, 0.2) is 12.4 Å². The van der Waals surface area contributed by atoms with Gasteiger partial charge in [0.05, 0.1) is 19.5 Å². The predicted molar refractivity (Wildman–Crippen MR) is 87.6 cm³/mol. The Morgan fingerprint density at radius 1 is 1.33 bits per heavy atom. The Kier molecular flexibility index (Phi) is 4.94. The highest BCUT2D eigenvalue weighted by molar-refractivity contribution is 6.39. The summed E-state index contributed by atoms with van der Waals surface area (Å²) in [6.45, 7) is 4.61. The van der Waals surface area contributed by atoms with Crippen LogP contribution in [0.4, 0.5) is 5.95 Å². The van der Waals surface area contributed by atoms with E-state index in [1.54, 1.807) is 4.90 Å². The molecule has 2 amide bonds. The lowest BCUT2D eigenvalue weighted by Crippen LogP contribution is -2.59. The zero-order valence-corrected chi connectivity index (χ0v) is 14.1. The first-order valence-corrected chi connectivity index (χ1v) is 8.34. The van der Waals surface area contributed by atoms with Gasteiger partial charge in [-0.25, -0.2) is 9.97 Å². The maximum Gasteiger partial charge on any atom is 0.316 e. The van der Waals surface area contributed by atoms with Crippen molar-refractivity contribution >= 4 is 17.8 Å². The summed E-state index contributed by atoms with van der Waals surface area (Å²) in [5.41, 5.74) is 0. The van der Waals surface area contributed by atoms with Crippen molar-refractivity contribution in [2.45, 2.75) is 38.3 Å². The van der Waals surface area contributed by atoms with Gasteiger partial charge in [0.25, 0.3) is 0 Å². The summed E-state index contributed by atoms with van der Waals surface area (Å²) >= 11 is 0. The van der Waals surface area contributed by atoms with Crippen LogP contribution in [0.3, 0.4) is 0 Å². The zero-order chi connectivity index (χ0) is 17.1. The smallest absolute Gasteiger partial charge is 0.316 e. The largest absolute Gasteiger partial charge is 0.494 e. The van der Waals surface area contributed by atoms with Gasteiger partial charge in [-0.1, -0.05) is 6.92 Å². The van der Waals surface area contributed by atoms with Gasteiger partial charge in [0.2, 0.25) is 5.95 Å². The van der Waals surface area contributed by atoms with E-state index in [0.717, 1.165) is 32.4 Å². The number of fused-ring (bicyclic) bond motifs is 1. The van der Waals surface area contributed by atoms with E-state index in [0.29, 0.717) is 18.3 Å². The summed E-state index contributed by atoms with van der Waals surface area (Å²) in [7, 11) is 1.51. The number of aromatic nitrogens is 2. The topological polar surface area (TPSA) is 87.7 Å². The Hall–Kier alpha value is -2.22. The number of carbonyl (C=O) groups is 2. The normalized spacial score (nSPS) is 23.7. The van der Waals surface area contributed by atoms with Crippen LogP contribution in [-0.4, -0.2) is 70.4 Å². The highest BCUT2D eigenvalue weighted by atomic mass is 16.5. The fourth-order valence-corrected chi connectivity index (χ4v) is 3.46. The molecule has 2 aliphatic heterocycles. The van der Waals surface area contributed by atoms with Gasteiger partial charge in [-0.3, -0.25) is 19.8 Å². The van der Waals surface area contributed by atoms with Gasteiger partial charge in [-0.15, -0.1) is 0 Å². The molecule has 2 saturated heterocycles. The lowest BCUT2D eigenvalue weighted by molar-refractivity contribution is -0.147. The molecule has 2 unspecified atom stereocenters. The molecule has 1 aromatic rings. The quantitative estimate of drug-likeness (QED) is 0.811. The molecule has 2 fully saturated rings. The average Bonchev–Trinajstić information content (AvgIpc) is 3.07. The van der Waals surface area contributed by atoms with Crippen molar-refractivity contribution < 1.29 is 14.3 Å². The lowest BCUT2D eigenvalue weighted by Gasteiger charge is -2.43. The lowest BCUT2D eigenvalue weighted by atomic mass is 10.0. The van der Waals surface area contributed by atoms with E-state index in [1.165, 1.54) is 19.5 Å². The Balaban J connectivity index is 1.66. The van der Waals surface area contributed by atoms with Crippen LogP contribution < -0.4 is 10.1 Å². The third-order valence-electron chi connectivity index (χ3n) is 4.81. The minimum atomic E-state index is -0.690. The van der Waals surface area contributed by atoms with Crippen LogP contribution in [-0.2, 0) is 9.59 Å². The zero-order valence-electron chi connectivity index (χ0n) is 14.1. The molecular weight excluding hydrogens is 310 g/mol. The minimum absolute atomic E-state index is 0.0781. The molecule has 8 heteroatoms. The van der Waals surface area contributed by atoms with Crippen molar-refractivity contribution in [1.29, 1.82) is 0 Å². The molecule has 3 rings (SSSR count). The molecule has 8 nitrogen and oxygen atoms in total. The number of nitrogens with one attached hydrogen (secondary N) is 1. The van der Waals surface area contributed by atoms with Gasteiger partial charge < -0.3 is 9.64 Å². The number of piperazine rings is 1. The van der Waals surface area contributed by atoms with E-state index in [2.05, 4.69) is 20.2 Å². The van der Waals surface area contributed by atoms with Crippen LogP contribution in [0.2, 0.25) is 0 Å². The Morgan fingerprint density at radius 2 is 2.08 bits per heavy atom. The van der Waals surface area contributed by atoms with Crippen molar-refractivity contribution in [3.63, 3.8) is 0 Å². The number of hydrogen-bond acceptors (Lipinski definition) is 6.